The van der Waals surface area contributed by atoms with Gasteiger partial charge in [0, 0.05) is 50.5 Å². The van der Waals surface area contributed by atoms with Crippen molar-refractivity contribution in [2.24, 2.45) is 0 Å². The zero-order valence-corrected chi connectivity index (χ0v) is 19.1. The molecule has 4 rings (SSSR count). The summed E-state index contributed by atoms with van der Waals surface area (Å²) in [6, 6.07) is 8.27. The Morgan fingerprint density at radius 1 is 1.16 bits per heavy atom. The molecule has 0 spiro atoms. The van der Waals surface area contributed by atoms with Gasteiger partial charge in [0.15, 0.2) is 0 Å². The molecule has 8 nitrogen and oxygen atoms in total. The molecule has 2 atom stereocenters. The van der Waals surface area contributed by atoms with Gasteiger partial charge in [0.05, 0.1) is 22.9 Å². The van der Waals surface area contributed by atoms with Gasteiger partial charge in [-0.15, -0.1) is 0 Å². The van der Waals surface area contributed by atoms with Crippen LogP contribution in [0.1, 0.15) is 42.4 Å². The molecule has 32 heavy (non-hydrogen) atoms. The fraction of sp³-hybridized carbons (Fsp3) is 0.417. The number of pyridine rings is 3. The minimum Gasteiger partial charge on any atom is -0.367 e. The second-order valence-corrected chi connectivity index (χ2v) is 8.51. The predicted octanol–water partition coefficient (Wildman–Crippen LogP) is 2.34. The van der Waals surface area contributed by atoms with Crippen LogP contribution >= 0.6 is 0 Å². The van der Waals surface area contributed by atoms with E-state index in [4.69, 9.17) is 0 Å². The predicted molar refractivity (Wildman–Crippen MR) is 126 cm³/mol. The molecule has 168 valence electrons. The van der Waals surface area contributed by atoms with Crippen molar-refractivity contribution in [3.8, 4) is 0 Å². The maximum atomic E-state index is 12.2. The molecule has 0 bridgehead atoms. The highest BCUT2D eigenvalue weighted by molar-refractivity contribution is 5.92. The topological polar surface area (TPSA) is 94.2 Å². The third kappa shape index (κ3) is 4.36. The number of hydrogen-bond donors (Lipinski definition) is 2. The second-order valence-electron chi connectivity index (χ2n) is 8.51. The number of aromatic nitrogens is 3. The van der Waals surface area contributed by atoms with E-state index >= 15 is 0 Å². The Morgan fingerprint density at radius 2 is 1.91 bits per heavy atom. The van der Waals surface area contributed by atoms with Gasteiger partial charge in [-0.1, -0.05) is 6.92 Å². The Morgan fingerprint density at radius 3 is 2.53 bits per heavy atom. The number of hydrogen-bond acceptors (Lipinski definition) is 6. The van der Waals surface area contributed by atoms with Crippen molar-refractivity contribution in [2.75, 3.05) is 25.0 Å². The van der Waals surface area contributed by atoms with Crippen LogP contribution in [0, 0.1) is 0 Å². The standard InChI is InChI=1S/C24H30N6O2/c1-5-18-9-21-22(28-23(18)31)8-17(10-26-21)14-30-15(2)12-29(13-16(30)3)19-6-7-20(27-11-19)24(32)25-4/h6-11,15-16H,5,12-14H2,1-4H3,(H,25,32)(H,28,31)/t15-,16+. The van der Waals surface area contributed by atoms with Crippen molar-refractivity contribution in [1.29, 1.82) is 0 Å². The van der Waals surface area contributed by atoms with Crippen LogP contribution in [0.4, 0.5) is 5.69 Å². The highest BCUT2D eigenvalue weighted by Gasteiger charge is 2.30. The van der Waals surface area contributed by atoms with Crippen molar-refractivity contribution in [1.82, 2.24) is 25.2 Å². The van der Waals surface area contributed by atoms with E-state index in [9.17, 15) is 9.59 Å². The third-order valence-corrected chi connectivity index (χ3v) is 6.25. The van der Waals surface area contributed by atoms with E-state index < -0.39 is 0 Å². The first-order valence-corrected chi connectivity index (χ1v) is 11.1. The van der Waals surface area contributed by atoms with Crippen molar-refractivity contribution in [2.45, 2.75) is 45.8 Å². The molecular weight excluding hydrogens is 404 g/mol. The van der Waals surface area contributed by atoms with Crippen molar-refractivity contribution >= 4 is 22.6 Å². The molecule has 0 unspecified atom stereocenters. The highest BCUT2D eigenvalue weighted by Crippen LogP contribution is 2.24. The van der Waals surface area contributed by atoms with Crippen LogP contribution in [-0.2, 0) is 13.0 Å². The molecule has 0 aliphatic carbocycles. The lowest BCUT2D eigenvalue weighted by Gasteiger charge is -2.45. The summed E-state index contributed by atoms with van der Waals surface area (Å²) >= 11 is 0. The maximum Gasteiger partial charge on any atom is 0.269 e. The number of nitrogens with one attached hydrogen (secondary N) is 2. The van der Waals surface area contributed by atoms with E-state index in [1.54, 1.807) is 19.3 Å². The summed E-state index contributed by atoms with van der Waals surface area (Å²) in [6.07, 6.45) is 4.37. The summed E-state index contributed by atoms with van der Waals surface area (Å²) < 4.78 is 0. The van der Waals surface area contributed by atoms with Crippen LogP contribution in [0.2, 0.25) is 0 Å². The van der Waals surface area contributed by atoms with Gasteiger partial charge in [0.1, 0.15) is 5.69 Å². The lowest BCUT2D eigenvalue weighted by molar-refractivity contribution is 0.0958. The molecule has 1 amide bonds. The Bertz CT molecular complexity index is 1160. The molecule has 1 aliphatic rings. The van der Waals surface area contributed by atoms with Gasteiger partial charge in [-0.2, -0.15) is 0 Å². The van der Waals surface area contributed by atoms with E-state index in [1.807, 2.05) is 31.3 Å². The summed E-state index contributed by atoms with van der Waals surface area (Å²) in [5.74, 6) is -0.181. The van der Waals surface area contributed by atoms with Crippen LogP contribution < -0.4 is 15.8 Å². The minimum absolute atomic E-state index is 0.0367. The molecule has 1 saturated heterocycles. The van der Waals surface area contributed by atoms with Gasteiger partial charge in [-0.3, -0.25) is 19.5 Å². The van der Waals surface area contributed by atoms with Crippen molar-refractivity contribution < 1.29 is 4.79 Å². The average Bonchev–Trinajstić information content (AvgIpc) is 2.80. The molecule has 3 aromatic heterocycles. The molecule has 2 N–H and O–H groups in total. The zero-order valence-electron chi connectivity index (χ0n) is 19.1. The molecule has 3 aromatic rings. The van der Waals surface area contributed by atoms with Gasteiger partial charge < -0.3 is 15.2 Å². The number of rotatable bonds is 5. The largest absolute Gasteiger partial charge is 0.367 e. The molecule has 4 heterocycles. The number of carbonyl (C=O) groups excluding carboxylic acids is 1. The fourth-order valence-electron chi connectivity index (χ4n) is 4.44. The second kappa shape index (κ2) is 9.08. The summed E-state index contributed by atoms with van der Waals surface area (Å²) in [7, 11) is 1.60. The van der Waals surface area contributed by atoms with Crippen LogP contribution in [0.25, 0.3) is 11.0 Å². The quantitative estimate of drug-likeness (QED) is 0.640. The first-order valence-electron chi connectivity index (χ1n) is 11.1. The van der Waals surface area contributed by atoms with Gasteiger partial charge in [0.25, 0.3) is 11.5 Å². The normalized spacial score (nSPS) is 19.3. The summed E-state index contributed by atoms with van der Waals surface area (Å²) in [6.45, 7) is 8.91. The number of anilines is 1. The first kappa shape index (κ1) is 22.0. The Labute approximate surface area is 187 Å². The van der Waals surface area contributed by atoms with E-state index in [2.05, 4.69) is 43.9 Å². The van der Waals surface area contributed by atoms with Crippen LogP contribution in [-0.4, -0.2) is 58.0 Å². The number of fused-ring (bicyclic) bond motifs is 1. The Balaban J connectivity index is 1.48. The summed E-state index contributed by atoms with van der Waals surface area (Å²) in [4.78, 5) is 40.6. The Kier molecular flexibility index (Phi) is 6.23. The van der Waals surface area contributed by atoms with Crippen LogP contribution in [0.5, 0.6) is 0 Å². The van der Waals surface area contributed by atoms with E-state index in [0.29, 0.717) is 24.2 Å². The first-order chi connectivity index (χ1) is 15.4. The number of H-pyrrole nitrogens is 1. The van der Waals surface area contributed by atoms with E-state index in [1.165, 1.54) is 0 Å². The SMILES string of the molecule is CCc1cc2ncc(CN3[C@H](C)CN(c4ccc(C(=O)NC)nc4)C[C@@H]3C)cc2[nH]c1=O. The molecule has 8 heteroatoms. The van der Waals surface area contributed by atoms with Gasteiger partial charge in [-0.05, 0) is 50.1 Å². The zero-order chi connectivity index (χ0) is 22.8. The number of aromatic amines is 1. The number of carbonyl (C=O) groups is 1. The molecule has 0 saturated carbocycles. The molecule has 0 aromatic carbocycles. The lowest BCUT2D eigenvalue weighted by Crippen LogP contribution is -2.56. The van der Waals surface area contributed by atoms with Crippen molar-refractivity contribution in [3.63, 3.8) is 0 Å². The van der Waals surface area contributed by atoms with Gasteiger partial charge in [0.2, 0.25) is 0 Å². The molecule has 0 radical (unpaired) electrons. The number of amides is 1. The van der Waals surface area contributed by atoms with Crippen LogP contribution in [0.3, 0.4) is 0 Å². The van der Waals surface area contributed by atoms with Crippen LogP contribution in [0.15, 0.2) is 41.5 Å². The van der Waals surface area contributed by atoms with Gasteiger partial charge >= 0.3 is 0 Å². The molecule has 1 fully saturated rings. The highest BCUT2D eigenvalue weighted by atomic mass is 16.1. The lowest BCUT2D eigenvalue weighted by atomic mass is 10.1. The van der Waals surface area contributed by atoms with E-state index in [-0.39, 0.29) is 11.5 Å². The summed E-state index contributed by atoms with van der Waals surface area (Å²) in [5, 5.41) is 2.60. The maximum absolute atomic E-state index is 12.2. The number of nitrogens with zero attached hydrogens (tertiary/aromatic N) is 4. The number of aryl methyl sites for hydroxylation is 1. The smallest absolute Gasteiger partial charge is 0.269 e. The monoisotopic (exact) mass is 434 g/mol. The van der Waals surface area contributed by atoms with Crippen molar-refractivity contribution in [3.05, 3.63) is 63.8 Å². The fourth-order valence-corrected chi connectivity index (χ4v) is 4.44. The minimum atomic E-state index is -0.181. The van der Waals surface area contributed by atoms with E-state index in [0.717, 1.165) is 47.5 Å². The average molecular weight is 435 g/mol. The van der Waals surface area contributed by atoms with Gasteiger partial charge in [-0.25, -0.2) is 4.98 Å². The third-order valence-electron chi connectivity index (χ3n) is 6.25. The molecule has 1 aliphatic heterocycles. The Hall–Kier alpha value is -3.26. The number of piperazine rings is 1. The summed E-state index contributed by atoms with van der Waals surface area (Å²) in [5.41, 5.74) is 4.85. The molecular formula is C24H30N6O2.